The molecule has 0 radical (unpaired) electrons. The van der Waals surface area contributed by atoms with Gasteiger partial charge in [-0.2, -0.15) is 0 Å². The van der Waals surface area contributed by atoms with Gasteiger partial charge in [-0.15, -0.1) is 0 Å². The molecule has 0 heterocycles. The molecule has 1 N–H and O–H groups in total. The first-order chi connectivity index (χ1) is 6.91. The normalized spacial score (nSPS) is 24.2. The quantitative estimate of drug-likeness (QED) is 0.762. The van der Waals surface area contributed by atoms with Gasteiger partial charge in [-0.3, -0.25) is 0 Å². The van der Waals surface area contributed by atoms with Crippen LogP contribution in [0, 0.1) is 5.92 Å². The molecule has 0 aromatic rings. The van der Waals surface area contributed by atoms with E-state index in [1.54, 1.807) is 0 Å². The van der Waals surface area contributed by atoms with Crippen LogP contribution in [-0.4, -0.2) is 17.2 Å². The topological polar surface area (TPSA) is 38.3 Å². The smallest absolute Gasteiger partial charge is 0.408 e. The summed E-state index contributed by atoms with van der Waals surface area (Å²) in [6.45, 7) is 5.69. The molecule has 0 saturated heterocycles. The van der Waals surface area contributed by atoms with Gasteiger partial charge < -0.3 is 10.1 Å². The highest BCUT2D eigenvalue weighted by molar-refractivity contribution is 5.69. The lowest BCUT2D eigenvalue weighted by Gasteiger charge is -2.35. The van der Waals surface area contributed by atoms with E-state index in [0.717, 1.165) is 12.8 Å². The minimum absolute atomic E-state index is 0.112. The molecule has 0 spiro atoms. The molecule has 86 valence electrons. The highest BCUT2D eigenvalue weighted by Gasteiger charge is 2.52. The number of alkyl carbamates (subject to hydrolysis) is 1. The summed E-state index contributed by atoms with van der Waals surface area (Å²) in [6.07, 6.45) is 5.90. The first-order valence-electron chi connectivity index (χ1n) is 5.92. The Balaban J connectivity index is 1.83. The van der Waals surface area contributed by atoms with Crippen LogP contribution in [0.3, 0.4) is 0 Å². The second-order valence-corrected chi connectivity index (χ2v) is 5.91. The lowest BCUT2D eigenvalue weighted by molar-refractivity contribution is 0.0449. The first kappa shape index (κ1) is 10.8. The Bertz CT molecular complexity index is 259. The summed E-state index contributed by atoms with van der Waals surface area (Å²) in [5, 5.41) is 3.06. The average molecular weight is 211 g/mol. The SMILES string of the molecule is CC(C)(C)OC(=O)NC1(C2CCC2)CC1. The van der Waals surface area contributed by atoms with Gasteiger partial charge in [0.05, 0.1) is 0 Å². The summed E-state index contributed by atoms with van der Waals surface area (Å²) in [5.74, 6) is 0.713. The number of hydrogen-bond acceptors (Lipinski definition) is 2. The van der Waals surface area contributed by atoms with Crippen molar-refractivity contribution in [2.24, 2.45) is 5.92 Å². The van der Waals surface area contributed by atoms with E-state index in [1.807, 2.05) is 20.8 Å². The minimum Gasteiger partial charge on any atom is -0.444 e. The lowest BCUT2D eigenvalue weighted by Crippen LogP contribution is -2.46. The van der Waals surface area contributed by atoms with Crippen LogP contribution in [0.1, 0.15) is 52.9 Å². The third-order valence-electron chi connectivity index (χ3n) is 3.43. The van der Waals surface area contributed by atoms with Crippen LogP contribution in [0.4, 0.5) is 4.79 Å². The van der Waals surface area contributed by atoms with Gasteiger partial charge in [0.25, 0.3) is 0 Å². The molecule has 0 unspecified atom stereocenters. The van der Waals surface area contributed by atoms with Crippen LogP contribution in [0.25, 0.3) is 0 Å². The molecule has 15 heavy (non-hydrogen) atoms. The number of hydrogen-bond donors (Lipinski definition) is 1. The van der Waals surface area contributed by atoms with Gasteiger partial charge in [-0.05, 0) is 52.4 Å². The highest BCUT2D eigenvalue weighted by atomic mass is 16.6. The van der Waals surface area contributed by atoms with Crippen molar-refractivity contribution in [3.63, 3.8) is 0 Å². The highest BCUT2D eigenvalue weighted by Crippen LogP contribution is 2.50. The molecular formula is C12H21NO2. The second-order valence-electron chi connectivity index (χ2n) is 5.91. The Labute approximate surface area is 91.6 Å². The predicted octanol–water partition coefficient (Wildman–Crippen LogP) is 2.84. The maximum atomic E-state index is 11.6. The van der Waals surface area contributed by atoms with Crippen molar-refractivity contribution in [3.05, 3.63) is 0 Å². The van der Waals surface area contributed by atoms with E-state index in [9.17, 15) is 4.79 Å². The van der Waals surface area contributed by atoms with E-state index in [1.165, 1.54) is 19.3 Å². The summed E-state index contributed by atoms with van der Waals surface area (Å²) in [5.41, 5.74) is -0.277. The lowest BCUT2D eigenvalue weighted by atomic mass is 9.78. The second kappa shape index (κ2) is 3.39. The molecule has 2 aliphatic rings. The van der Waals surface area contributed by atoms with Crippen molar-refractivity contribution in [1.82, 2.24) is 5.32 Å². The fourth-order valence-electron chi connectivity index (χ4n) is 2.24. The van der Waals surface area contributed by atoms with Gasteiger partial charge in [0.2, 0.25) is 0 Å². The molecule has 3 heteroatoms. The molecule has 3 nitrogen and oxygen atoms in total. The van der Waals surface area contributed by atoms with Crippen LogP contribution < -0.4 is 5.32 Å². The standard InChI is InChI=1S/C12H21NO2/c1-11(2,3)15-10(14)13-12(7-8-12)9-5-4-6-9/h9H,4-8H2,1-3H3,(H,13,14). The molecule has 2 fully saturated rings. The molecule has 0 aromatic heterocycles. The van der Waals surface area contributed by atoms with Gasteiger partial charge in [0, 0.05) is 5.54 Å². The molecule has 1 amide bonds. The maximum Gasteiger partial charge on any atom is 0.408 e. The van der Waals surface area contributed by atoms with Gasteiger partial charge in [-0.25, -0.2) is 4.79 Å². The van der Waals surface area contributed by atoms with Gasteiger partial charge in [0.15, 0.2) is 0 Å². The Morgan fingerprint density at radius 1 is 1.33 bits per heavy atom. The number of carbonyl (C=O) groups excluding carboxylic acids is 1. The molecule has 0 atom stereocenters. The number of amides is 1. The van der Waals surface area contributed by atoms with Crippen molar-refractivity contribution in [3.8, 4) is 0 Å². The minimum atomic E-state index is -0.389. The van der Waals surface area contributed by atoms with E-state index >= 15 is 0 Å². The van der Waals surface area contributed by atoms with Crippen molar-refractivity contribution < 1.29 is 9.53 Å². The monoisotopic (exact) mass is 211 g/mol. The summed E-state index contributed by atoms with van der Waals surface area (Å²) in [7, 11) is 0. The van der Waals surface area contributed by atoms with E-state index in [2.05, 4.69) is 5.32 Å². The average Bonchev–Trinajstić information content (AvgIpc) is 2.58. The molecule has 0 aliphatic heterocycles. The zero-order chi connectivity index (χ0) is 11.1. The van der Waals surface area contributed by atoms with Crippen molar-refractivity contribution >= 4 is 6.09 Å². The largest absolute Gasteiger partial charge is 0.444 e. The molecule has 0 bridgehead atoms. The molecule has 0 aromatic carbocycles. The van der Waals surface area contributed by atoms with Gasteiger partial charge in [-0.1, -0.05) is 6.42 Å². The summed E-state index contributed by atoms with van der Waals surface area (Å²) in [6, 6.07) is 0. The number of ether oxygens (including phenoxy) is 1. The summed E-state index contributed by atoms with van der Waals surface area (Å²) < 4.78 is 5.28. The van der Waals surface area contributed by atoms with Gasteiger partial charge >= 0.3 is 6.09 Å². The zero-order valence-electron chi connectivity index (χ0n) is 9.93. The molecular weight excluding hydrogens is 190 g/mol. The van der Waals surface area contributed by atoms with Crippen LogP contribution in [0.2, 0.25) is 0 Å². The Morgan fingerprint density at radius 3 is 2.27 bits per heavy atom. The maximum absolute atomic E-state index is 11.6. The van der Waals surface area contributed by atoms with Crippen molar-refractivity contribution in [2.75, 3.05) is 0 Å². The van der Waals surface area contributed by atoms with E-state index in [-0.39, 0.29) is 17.2 Å². The number of nitrogens with one attached hydrogen (secondary N) is 1. The Morgan fingerprint density at radius 2 is 1.93 bits per heavy atom. The number of rotatable bonds is 2. The summed E-state index contributed by atoms with van der Waals surface area (Å²) in [4.78, 5) is 11.6. The first-order valence-corrected chi connectivity index (χ1v) is 5.92. The van der Waals surface area contributed by atoms with Crippen LogP contribution in [-0.2, 0) is 4.74 Å². The number of carbonyl (C=O) groups is 1. The fraction of sp³-hybridized carbons (Fsp3) is 0.917. The fourth-order valence-corrected chi connectivity index (χ4v) is 2.24. The van der Waals surface area contributed by atoms with Crippen molar-refractivity contribution in [2.45, 2.75) is 64.0 Å². The van der Waals surface area contributed by atoms with Crippen LogP contribution in [0.5, 0.6) is 0 Å². The summed E-state index contributed by atoms with van der Waals surface area (Å²) >= 11 is 0. The third kappa shape index (κ3) is 2.44. The van der Waals surface area contributed by atoms with Crippen molar-refractivity contribution in [1.29, 1.82) is 0 Å². The molecule has 2 saturated carbocycles. The van der Waals surface area contributed by atoms with E-state index in [4.69, 9.17) is 4.74 Å². The molecule has 2 aliphatic carbocycles. The Hall–Kier alpha value is -0.730. The van der Waals surface area contributed by atoms with Crippen LogP contribution >= 0.6 is 0 Å². The zero-order valence-corrected chi connectivity index (χ0v) is 9.93. The predicted molar refractivity (Wildman–Crippen MR) is 58.7 cm³/mol. The van der Waals surface area contributed by atoms with Crippen LogP contribution in [0.15, 0.2) is 0 Å². The molecule has 2 rings (SSSR count). The van der Waals surface area contributed by atoms with E-state index < -0.39 is 0 Å². The third-order valence-corrected chi connectivity index (χ3v) is 3.43. The Kier molecular flexibility index (Phi) is 2.44. The van der Waals surface area contributed by atoms with Gasteiger partial charge in [0.1, 0.15) is 5.60 Å². The van der Waals surface area contributed by atoms with E-state index in [0.29, 0.717) is 5.92 Å².